The molecule has 1 saturated heterocycles. The summed E-state index contributed by atoms with van der Waals surface area (Å²) in [4.78, 5) is 42.6. The molecular weight excluding hydrogens is 446 g/mol. The number of carbonyl (C=O) groups excluding carboxylic acids is 3. The SMILES string of the molecule is COc1ccc(C[C@]2(C)NC(=O)N(CC(=O)N(c3ccccc3)C3CCCCC3)C2=O)cc1OC. The van der Waals surface area contributed by atoms with Crippen LogP contribution in [0.2, 0.25) is 0 Å². The molecule has 0 bridgehead atoms. The largest absolute Gasteiger partial charge is 0.493 e. The average Bonchev–Trinajstić information content (AvgIpc) is 3.08. The zero-order chi connectivity index (χ0) is 25.0. The first-order chi connectivity index (χ1) is 16.9. The fourth-order valence-corrected chi connectivity index (χ4v) is 5.11. The molecule has 4 rings (SSSR count). The second-order valence-electron chi connectivity index (χ2n) is 9.41. The van der Waals surface area contributed by atoms with Crippen LogP contribution < -0.4 is 19.7 Å². The van der Waals surface area contributed by atoms with E-state index < -0.39 is 17.5 Å². The molecule has 2 aromatic carbocycles. The van der Waals surface area contributed by atoms with E-state index in [1.54, 1.807) is 38.2 Å². The number of ether oxygens (including phenoxy) is 2. The van der Waals surface area contributed by atoms with Crippen molar-refractivity contribution in [2.24, 2.45) is 0 Å². The lowest BCUT2D eigenvalue weighted by Crippen LogP contribution is -2.49. The molecule has 4 amide bonds. The highest BCUT2D eigenvalue weighted by Crippen LogP contribution is 2.31. The summed E-state index contributed by atoms with van der Waals surface area (Å²) < 4.78 is 10.6. The van der Waals surface area contributed by atoms with Gasteiger partial charge in [-0.2, -0.15) is 0 Å². The van der Waals surface area contributed by atoms with E-state index in [1.807, 2.05) is 36.4 Å². The Hall–Kier alpha value is -3.55. The van der Waals surface area contributed by atoms with E-state index >= 15 is 0 Å². The quantitative estimate of drug-likeness (QED) is 0.580. The number of amides is 4. The number of hydrogen-bond donors (Lipinski definition) is 1. The topological polar surface area (TPSA) is 88.2 Å². The van der Waals surface area contributed by atoms with E-state index in [1.165, 1.54) is 0 Å². The molecule has 1 saturated carbocycles. The zero-order valence-electron chi connectivity index (χ0n) is 20.6. The molecule has 0 radical (unpaired) electrons. The first kappa shape index (κ1) is 24.6. The first-order valence-corrected chi connectivity index (χ1v) is 12.1. The third kappa shape index (κ3) is 5.11. The van der Waals surface area contributed by atoms with Crippen molar-refractivity contribution >= 4 is 23.5 Å². The summed E-state index contributed by atoms with van der Waals surface area (Å²) in [5.74, 6) is 0.465. The van der Waals surface area contributed by atoms with Gasteiger partial charge in [0.25, 0.3) is 5.91 Å². The van der Waals surface area contributed by atoms with Gasteiger partial charge < -0.3 is 19.7 Å². The highest BCUT2D eigenvalue weighted by molar-refractivity contribution is 6.10. The molecule has 1 aliphatic heterocycles. The van der Waals surface area contributed by atoms with Crippen LogP contribution in [0.25, 0.3) is 0 Å². The molecule has 2 fully saturated rings. The van der Waals surface area contributed by atoms with Gasteiger partial charge in [-0.3, -0.25) is 14.5 Å². The van der Waals surface area contributed by atoms with Gasteiger partial charge in [0.05, 0.1) is 14.2 Å². The Morgan fingerprint density at radius 3 is 2.37 bits per heavy atom. The number of anilines is 1. The lowest BCUT2D eigenvalue weighted by molar-refractivity contribution is -0.134. The Balaban J connectivity index is 1.52. The number of methoxy groups -OCH3 is 2. The van der Waals surface area contributed by atoms with Crippen LogP contribution in [0, 0.1) is 0 Å². The number of carbonyl (C=O) groups is 3. The van der Waals surface area contributed by atoms with Crippen LogP contribution in [0.5, 0.6) is 11.5 Å². The van der Waals surface area contributed by atoms with Gasteiger partial charge in [0, 0.05) is 18.2 Å². The van der Waals surface area contributed by atoms with Crippen LogP contribution in [-0.2, 0) is 16.0 Å². The molecule has 35 heavy (non-hydrogen) atoms. The predicted octanol–water partition coefficient (Wildman–Crippen LogP) is 3.92. The minimum absolute atomic E-state index is 0.0672. The monoisotopic (exact) mass is 479 g/mol. The van der Waals surface area contributed by atoms with Gasteiger partial charge in [-0.05, 0) is 49.6 Å². The van der Waals surface area contributed by atoms with Crippen LogP contribution in [0.3, 0.4) is 0 Å². The lowest BCUT2D eigenvalue weighted by atomic mass is 9.92. The van der Waals surface area contributed by atoms with Gasteiger partial charge in [0.1, 0.15) is 12.1 Å². The molecule has 1 aliphatic carbocycles. The fraction of sp³-hybridized carbons (Fsp3) is 0.444. The summed E-state index contributed by atoms with van der Waals surface area (Å²) in [6.07, 6.45) is 5.37. The van der Waals surface area contributed by atoms with Crippen LogP contribution in [0.1, 0.15) is 44.6 Å². The second kappa shape index (κ2) is 10.4. The average molecular weight is 480 g/mol. The normalized spacial score (nSPS) is 20.5. The van der Waals surface area contributed by atoms with Gasteiger partial charge >= 0.3 is 6.03 Å². The van der Waals surface area contributed by atoms with Crippen molar-refractivity contribution < 1.29 is 23.9 Å². The van der Waals surface area contributed by atoms with Crippen molar-refractivity contribution in [1.29, 1.82) is 0 Å². The minimum Gasteiger partial charge on any atom is -0.493 e. The Kier molecular flexibility index (Phi) is 7.28. The molecular formula is C27H33N3O5. The molecule has 186 valence electrons. The standard InChI is InChI=1S/C27H33N3O5/c1-27(17-19-14-15-22(34-2)23(16-19)35-3)25(32)29(26(33)28-27)18-24(31)30(20-10-6-4-7-11-20)21-12-8-5-9-13-21/h4,6-7,10-11,14-16,21H,5,8-9,12-13,17-18H2,1-3H3,(H,28,33)/t27-/m0/s1. The van der Waals surface area contributed by atoms with Crippen molar-refractivity contribution in [1.82, 2.24) is 10.2 Å². The summed E-state index contributed by atoms with van der Waals surface area (Å²) in [6.45, 7) is 1.39. The number of rotatable bonds is 8. The highest BCUT2D eigenvalue weighted by Gasteiger charge is 2.49. The fourth-order valence-electron chi connectivity index (χ4n) is 5.11. The number of imide groups is 1. The third-order valence-electron chi connectivity index (χ3n) is 6.89. The number of hydrogen-bond acceptors (Lipinski definition) is 5. The van der Waals surface area contributed by atoms with E-state index in [4.69, 9.17) is 9.47 Å². The van der Waals surface area contributed by atoms with Crippen molar-refractivity contribution in [2.45, 2.75) is 57.0 Å². The maximum atomic E-state index is 13.5. The van der Waals surface area contributed by atoms with Gasteiger partial charge in [0.15, 0.2) is 11.5 Å². The predicted molar refractivity (Wildman–Crippen MR) is 133 cm³/mol. The second-order valence-corrected chi connectivity index (χ2v) is 9.41. The van der Waals surface area contributed by atoms with E-state index in [9.17, 15) is 14.4 Å². The maximum absolute atomic E-state index is 13.5. The smallest absolute Gasteiger partial charge is 0.325 e. The number of benzene rings is 2. The highest BCUT2D eigenvalue weighted by atomic mass is 16.5. The van der Waals surface area contributed by atoms with E-state index in [0.29, 0.717) is 11.5 Å². The first-order valence-electron chi connectivity index (χ1n) is 12.1. The molecule has 1 heterocycles. The van der Waals surface area contributed by atoms with Gasteiger partial charge in [0.2, 0.25) is 5.91 Å². The van der Waals surface area contributed by atoms with Crippen LogP contribution in [0.4, 0.5) is 10.5 Å². The van der Waals surface area contributed by atoms with Crippen LogP contribution >= 0.6 is 0 Å². The Morgan fingerprint density at radius 2 is 1.71 bits per heavy atom. The summed E-state index contributed by atoms with van der Waals surface area (Å²) in [6, 6.07) is 14.4. The van der Waals surface area contributed by atoms with E-state index in [-0.39, 0.29) is 24.9 Å². The molecule has 2 aromatic rings. The molecule has 0 unspecified atom stereocenters. The molecule has 1 atom stereocenters. The molecule has 0 spiro atoms. The van der Waals surface area contributed by atoms with E-state index in [2.05, 4.69) is 5.32 Å². The molecule has 0 aromatic heterocycles. The van der Waals surface area contributed by atoms with Crippen LogP contribution in [-0.4, -0.2) is 55.1 Å². The van der Waals surface area contributed by atoms with Gasteiger partial charge in [-0.25, -0.2) is 4.79 Å². The zero-order valence-corrected chi connectivity index (χ0v) is 20.6. The number of nitrogens with one attached hydrogen (secondary N) is 1. The van der Waals surface area contributed by atoms with Crippen LogP contribution in [0.15, 0.2) is 48.5 Å². The van der Waals surface area contributed by atoms with E-state index in [0.717, 1.165) is 48.3 Å². The molecule has 8 nitrogen and oxygen atoms in total. The van der Waals surface area contributed by atoms with Gasteiger partial charge in [-0.15, -0.1) is 0 Å². The molecule has 2 aliphatic rings. The van der Waals surface area contributed by atoms with Crippen molar-refractivity contribution in [3.63, 3.8) is 0 Å². The minimum atomic E-state index is -1.17. The molecule has 8 heteroatoms. The Morgan fingerprint density at radius 1 is 1.03 bits per heavy atom. The Bertz CT molecular complexity index is 1080. The summed E-state index contributed by atoms with van der Waals surface area (Å²) in [5.41, 5.74) is 0.434. The van der Waals surface area contributed by atoms with Crippen molar-refractivity contribution in [2.75, 3.05) is 25.7 Å². The van der Waals surface area contributed by atoms with Gasteiger partial charge in [-0.1, -0.05) is 43.5 Å². The maximum Gasteiger partial charge on any atom is 0.325 e. The van der Waals surface area contributed by atoms with Crippen molar-refractivity contribution in [3.8, 4) is 11.5 Å². The third-order valence-corrected chi connectivity index (χ3v) is 6.89. The lowest BCUT2D eigenvalue weighted by Gasteiger charge is -2.35. The van der Waals surface area contributed by atoms with Crippen molar-refractivity contribution in [3.05, 3.63) is 54.1 Å². The molecule has 1 N–H and O–H groups in total. The number of para-hydroxylation sites is 1. The Labute approximate surface area is 206 Å². The summed E-state index contributed by atoms with van der Waals surface area (Å²) in [5, 5.41) is 2.80. The number of urea groups is 1. The number of nitrogens with zero attached hydrogens (tertiary/aromatic N) is 2. The summed E-state index contributed by atoms with van der Waals surface area (Å²) >= 11 is 0. The summed E-state index contributed by atoms with van der Waals surface area (Å²) in [7, 11) is 3.10.